The Morgan fingerprint density at radius 3 is 2.97 bits per heavy atom. The molecule has 31 heavy (non-hydrogen) atoms. The van der Waals surface area contributed by atoms with Gasteiger partial charge in [-0.3, -0.25) is 9.79 Å². The molecule has 1 amide bonds. The fraction of sp³-hybridized carbons (Fsp3) is 0.360. The Hall–Kier alpha value is -3.28. The van der Waals surface area contributed by atoms with Crippen LogP contribution in [0.1, 0.15) is 28.9 Å². The summed E-state index contributed by atoms with van der Waals surface area (Å²) in [5.74, 6) is 2.18. The van der Waals surface area contributed by atoms with E-state index in [2.05, 4.69) is 33.9 Å². The van der Waals surface area contributed by atoms with Gasteiger partial charge in [0, 0.05) is 54.5 Å². The number of amides is 1. The monoisotopic (exact) mass is 416 g/mol. The molecule has 0 N–H and O–H groups in total. The fourth-order valence-corrected chi connectivity index (χ4v) is 4.94. The zero-order valence-corrected chi connectivity index (χ0v) is 18.3. The molecule has 3 aliphatic heterocycles. The van der Waals surface area contributed by atoms with Crippen molar-refractivity contribution in [3.63, 3.8) is 0 Å². The number of likely N-dealkylation sites (tertiary alicyclic amines) is 1. The smallest absolute Gasteiger partial charge is 0.256 e. The molecule has 1 unspecified atom stereocenters. The van der Waals surface area contributed by atoms with Crippen molar-refractivity contribution in [2.45, 2.75) is 19.8 Å². The lowest BCUT2D eigenvalue weighted by molar-refractivity contribution is 0.0701. The third kappa shape index (κ3) is 3.26. The number of rotatable bonds is 3. The number of benzene rings is 1. The van der Waals surface area contributed by atoms with Gasteiger partial charge in [0.05, 0.1) is 19.2 Å². The van der Waals surface area contributed by atoms with Crippen LogP contribution < -0.4 is 4.74 Å². The highest BCUT2D eigenvalue weighted by Crippen LogP contribution is 2.32. The number of piperidine rings is 1. The molecule has 0 saturated carbocycles. The van der Waals surface area contributed by atoms with E-state index in [9.17, 15) is 4.79 Å². The summed E-state index contributed by atoms with van der Waals surface area (Å²) in [7, 11) is 3.67. The van der Waals surface area contributed by atoms with Crippen LogP contribution in [0.25, 0.3) is 10.9 Å². The van der Waals surface area contributed by atoms with Crippen molar-refractivity contribution in [2.75, 3.05) is 26.7 Å². The number of ether oxygens (including phenoxy) is 1. The number of methoxy groups -OCH3 is 1. The average molecular weight is 417 g/mol. The average Bonchev–Trinajstić information content (AvgIpc) is 3.07. The van der Waals surface area contributed by atoms with Crippen LogP contribution in [0, 0.1) is 12.8 Å². The van der Waals surface area contributed by atoms with Crippen molar-refractivity contribution in [1.82, 2.24) is 14.4 Å². The molecule has 0 radical (unpaired) electrons. The first-order valence-electron chi connectivity index (χ1n) is 10.9. The number of allylic oxidation sites excluding steroid dienone is 3. The number of hydrogen-bond acceptors (Lipinski definition) is 4. The normalized spacial score (nSPS) is 20.5. The fourth-order valence-electron chi connectivity index (χ4n) is 4.94. The number of aromatic nitrogens is 1. The van der Waals surface area contributed by atoms with Crippen LogP contribution >= 0.6 is 0 Å². The number of fused-ring (bicyclic) bond motifs is 2. The van der Waals surface area contributed by atoms with Crippen LogP contribution in [0.5, 0.6) is 5.75 Å². The van der Waals surface area contributed by atoms with E-state index in [1.807, 2.05) is 43.1 Å². The quantitative estimate of drug-likeness (QED) is 0.759. The molecule has 0 spiro atoms. The van der Waals surface area contributed by atoms with Gasteiger partial charge in [-0.1, -0.05) is 6.08 Å². The van der Waals surface area contributed by atoms with E-state index in [0.717, 1.165) is 53.1 Å². The van der Waals surface area contributed by atoms with Gasteiger partial charge < -0.3 is 19.1 Å². The minimum atomic E-state index is 0.0994. The topological polar surface area (TPSA) is 50.1 Å². The van der Waals surface area contributed by atoms with Crippen molar-refractivity contribution < 1.29 is 9.53 Å². The highest BCUT2D eigenvalue weighted by molar-refractivity contribution is 6.09. The van der Waals surface area contributed by atoms with E-state index in [4.69, 9.17) is 9.73 Å². The van der Waals surface area contributed by atoms with E-state index in [1.54, 1.807) is 7.11 Å². The van der Waals surface area contributed by atoms with Crippen molar-refractivity contribution in [1.29, 1.82) is 0 Å². The Morgan fingerprint density at radius 2 is 2.13 bits per heavy atom. The maximum Gasteiger partial charge on any atom is 0.256 e. The number of hydrogen-bond donors (Lipinski definition) is 0. The first kappa shape index (κ1) is 19.7. The minimum Gasteiger partial charge on any atom is -0.497 e. The molecule has 6 nitrogen and oxygen atoms in total. The van der Waals surface area contributed by atoms with Gasteiger partial charge in [-0.2, -0.15) is 0 Å². The number of aryl methyl sites for hydroxylation is 1. The van der Waals surface area contributed by atoms with Gasteiger partial charge in [0.25, 0.3) is 5.91 Å². The van der Waals surface area contributed by atoms with E-state index in [0.29, 0.717) is 13.1 Å². The molecular weight excluding hydrogens is 388 g/mol. The second kappa shape index (κ2) is 7.76. The van der Waals surface area contributed by atoms with Crippen LogP contribution in [0.3, 0.4) is 0 Å². The molecule has 1 saturated heterocycles. The van der Waals surface area contributed by atoms with Crippen LogP contribution in [0.4, 0.5) is 0 Å². The molecule has 160 valence electrons. The van der Waals surface area contributed by atoms with Crippen molar-refractivity contribution in [2.24, 2.45) is 18.0 Å². The molecule has 1 aromatic heterocycles. The van der Waals surface area contributed by atoms with E-state index >= 15 is 0 Å². The summed E-state index contributed by atoms with van der Waals surface area (Å²) in [6, 6.07) is 5.95. The van der Waals surface area contributed by atoms with Crippen molar-refractivity contribution in [3.8, 4) is 5.75 Å². The Bertz CT molecular complexity index is 1170. The van der Waals surface area contributed by atoms with Gasteiger partial charge in [-0.05, 0) is 56.2 Å². The summed E-state index contributed by atoms with van der Waals surface area (Å²) in [4.78, 5) is 22.8. The zero-order valence-electron chi connectivity index (χ0n) is 18.3. The molecule has 6 heteroatoms. The standard InChI is InChI=1S/C25H28N4O2/c1-17-23(21-15-20(31-3)9-10-22(21)27(17)2)25(30)28-13-6-7-18(16-28)24-26-12-11-19-8-4-5-14-29(19)24/h4-5,8-11,14-15,18H,6-7,12-13,16H2,1-3H3. The van der Waals surface area contributed by atoms with Gasteiger partial charge in [0.1, 0.15) is 11.6 Å². The van der Waals surface area contributed by atoms with Crippen LogP contribution in [-0.2, 0) is 7.05 Å². The maximum atomic E-state index is 13.7. The second-order valence-corrected chi connectivity index (χ2v) is 8.39. The first-order valence-corrected chi connectivity index (χ1v) is 10.9. The highest BCUT2D eigenvalue weighted by atomic mass is 16.5. The SMILES string of the molecule is COc1ccc2c(c1)c(C(=O)N1CCCC(C3=NCC=C4C=CC=CN43)C1)c(C)n2C. The predicted molar refractivity (Wildman–Crippen MR) is 123 cm³/mol. The number of aliphatic imine (C=N–C) groups is 1. The van der Waals surface area contributed by atoms with E-state index < -0.39 is 0 Å². The Kier molecular flexibility index (Phi) is 4.93. The lowest BCUT2D eigenvalue weighted by Crippen LogP contribution is -2.46. The van der Waals surface area contributed by atoms with Gasteiger partial charge in [-0.15, -0.1) is 0 Å². The first-order chi connectivity index (χ1) is 15.1. The molecule has 1 aromatic carbocycles. The van der Waals surface area contributed by atoms with Gasteiger partial charge in [0.2, 0.25) is 0 Å². The summed E-state index contributed by atoms with van der Waals surface area (Å²) < 4.78 is 7.52. The maximum absolute atomic E-state index is 13.7. The zero-order chi connectivity index (χ0) is 21.5. The lowest BCUT2D eigenvalue weighted by Gasteiger charge is -2.38. The van der Waals surface area contributed by atoms with Gasteiger partial charge in [-0.25, -0.2) is 0 Å². The summed E-state index contributed by atoms with van der Waals surface area (Å²) in [6.45, 7) is 4.19. The number of carbonyl (C=O) groups is 1. The summed E-state index contributed by atoms with van der Waals surface area (Å²) >= 11 is 0. The third-order valence-electron chi connectivity index (χ3n) is 6.68. The van der Waals surface area contributed by atoms with Crippen molar-refractivity contribution in [3.05, 3.63) is 65.7 Å². The number of carbonyl (C=O) groups excluding carboxylic acids is 1. The predicted octanol–water partition coefficient (Wildman–Crippen LogP) is 4.03. The molecule has 5 rings (SSSR count). The Morgan fingerprint density at radius 1 is 1.26 bits per heavy atom. The molecular formula is C25H28N4O2. The molecule has 1 atom stereocenters. The summed E-state index contributed by atoms with van der Waals surface area (Å²) in [6.07, 6.45) is 12.5. The van der Waals surface area contributed by atoms with Crippen LogP contribution in [-0.4, -0.2) is 52.9 Å². The lowest BCUT2D eigenvalue weighted by atomic mass is 9.94. The van der Waals surface area contributed by atoms with Gasteiger partial charge >= 0.3 is 0 Å². The van der Waals surface area contributed by atoms with E-state index in [-0.39, 0.29) is 11.8 Å². The van der Waals surface area contributed by atoms with Crippen LogP contribution in [0.15, 0.2) is 59.4 Å². The molecule has 1 fully saturated rings. The molecule has 0 bridgehead atoms. The largest absolute Gasteiger partial charge is 0.497 e. The number of amidine groups is 1. The molecule has 3 aliphatic rings. The second-order valence-electron chi connectivity index (χ2n) is 8.39. The highest BCUT2D eigenvalue weighted by Gasteiger charge is 2.33. The van der Waals surface area contributed by atoms with E-state index in [1.165, 1.54) is 5.70 Å². The minimum absolute atomic E-state index is 0.0994. The molecule has 2 aromatic rings. The van der Waals surface area contributed by atoms with Crippen LogP contribution in [0.2, 0.25) is 0 Å². The Labute approximate surface area is 182 Å². The molecule has 0 aliphatic carbocycles. The Balaban J connectivity index is 1.44. The third-order valence-corrected chi connectivity index (χ3v) is 6.68. The molecule has 4 heterocycles. The summed E-state index contributed by atoms with van der Waals surface area (Å²) in [5.41, 5.74) is 3.99. The number of nitrogens with zero attached hydrogens (tertiary/aromatic N) is 4. The van der Waals surface area contributed by atoms with Crippen molar-refractivity contribution >= 4 is 22.6 Å². The summed E-state index contributed by atoms with van der Waals surface area (Å²) in [5, 5.41) is 0.954. The van der Waals surface area contributed by atoms with Gasteiger partial charge in [0.15, 0.2) is 0 Å².